The minimum Gasteiger partial charge on any atom is -0.457 e. The summed E-state index contributed by atoms with van der Waals surface area (Å²) in [5.41, 5.74) is 2.41. The molecule has 2 aromatic carbocycles. The molecule has 0 spiro atoms. The minimum atomic E-state index is -0.447. The van der Waals surface area contributed by atoms with E-state index in [1.165, 1.54) is 18.2 Å². The number of non-ortho nitro benzene ring substituents is 1. The first kappa shape index (κ1) is 16.4. The zero-order chi connectivity index (χ0) is 17.8. The van der Waals surface area contributed by atoms with Gasteiger partial charge in [-0.05, 0) is 49.4 Å². The lowest BCUT2D eigenvalue weighted by Gasteiger charge is -1.97. The molecule has 5 heteroatoms. The monoisotopic (exact) mass is 333 g/mol. The summed E-state index contributed by atoms with van der Waals surface area (Å²) in [5.74, 6) is 1.02. The summed E-state index contributed by atoms with van der Waals surface area (Å²) in [6.07, 6.45) is 3.08. The van der Waals surface area contributed by atoms with Gasteiger partial charge in [-0.3, -0.25) is 14.9 Å². The molecule has 1 heterocycles. The second-order valence-electron chi connectivity index (χ2n) is 5.57. The van der Waals surface area contributed by atoms with E-state index in [9.17, 15) is 14.9 Å². The number of allylic oxidation sites excluding steroid dienone is 1. The van der Waals surface area contributed by atoms with Crippen LogP contribution in [0.4, 0.5) is 5.69 Å². The maximum absolute atomic E-state index is 12.2. The van der Waals surface area contributed by atoms with E-state index < -0.39 is 4.92 Å². The van der Waals surface area contributed by atoms with E-state index in [0.717, 1.165) is 11.1 Å². The van der Waals surface area contributed by atoms with Crippen molar-refractivity contribution in [1.82, 2.24) is 0 Å². The van der Waals surface area contributed by atoms with Crippen LogP contribution in [0.25, 0.3) is 17.4 Å². The first-order valence-electron chi connectivity index (χ1n) is 7.67. The Hall–Kier alpha value is -3.47. The average Bonchev–Trinajstić information content (AvgIpc) is 3.08. The van der Waals surface area contributed by atoms with Crippen molar-refractivity contribution in [3.63, 3.8) is 0 Å². The highest BCUT2D eigenvalue weighted by Crippen LogP contribution is 2.25. The van der Waals surface area contributed by atoms with Crippen LogP contribution in [-0.4, -0.2) is 10.7 Å². The van der Waals surface area contributed by atoms with Gasteiger partial charge in [0.25, 0.3) is 5.69 Å². The van der Waals surface area contributed by atoms with Crippen molar-refractivity contribution < 1.29 is 14.1 Å². The van der Waals surface area contributed by atoms with Crippen molar-refractivity contribution in [1.29, 1.82) is 0 Å². The van der Waals surface area contributed by atoms with Crippen LogP contribution in [0.3, 0.4) is 0 Å². The molecule has 0 saturated heterocycles. The standard InChI is InChI=1S/C20H15NO4/c1-14-3-2-4-16(13-14)19(22)11-9-18-10-12-20(25-18)15-5-7-17(8-6-15)21(23)24/h2-13H,1H3/b11-9+. The molecule has 0 aliphatic rings. The van der Waals surface area contributed by atoms with E-state index in [4.69, 9.17) is 4.42 Å². The van der Waals surface area contributed by atoms with E-state index in [1.807, 2.05) is 25.1 Å². The first-order valence-corrected chi connectivity index (χ1v) is 7.67. The molecule has 0 bridgehead atoms. The number of hydrogen-bond donors (Lipinski definition) is 0. The van der Waals surface area contributed by atoms with Gasteiger partial charge in [0.1, 0.15) is 11.5 Å². The number of carbonyl (C=O) groups is 1. The molecule has 0 N–H and O–H groups in total. The van der Waals surface area contributed by atoms with Crippen LogP contribution < -0.4 is 0 Å². The third-order valence-electron chi connectivity index (χ3n) is 3.69. The van der Waals surface area contributed by atoms with Gasteiger partial charge in [-0.15, -0.1) is 0 Å². The van der Waals surface area contributed by atoms with Crippen LogP contribution in [0.15, 0.2) is 71.2 Å². The third-order valence-corrected chi connectivity index (χ3v) is 3.69. The Kier molecular flexibility index (Phi) is 4.57. The smallest absolute Gasteiger partial charge is 0.269 e. The molecule has 25 heavy (non-hydrogen) atoms. The molecule has 0 amide bonds. The van der Waals surface area contributed by atoms with Gasteiger partial charge in [-0.1, -0.05) is 23.8 Å². The van der Waals surface area contributed by atoms with Crippen LogP contribution in [0.5, 0.6) is 0 Å². The largest absolute Gasteiger partial charge is 0.457 e. The lowest BCUT2D eigenvalue weighted by Crippen LogP contribution is -1.93. The van der Waals surface area contributed by atoms with E-state index in [2.05, 4.69) is 0 Å². The van der Waals surface area contributed by atoms with Crippen LogP contribution in [-0.2, 0) is 0 Å². The number of benzene rings is 2. The average molecular weight is 333 g/mol. The van der Waals surface area contributed by atoms with Gasteiger partial charge >= 0.3 is 0 Å². The molecule has 3 aromatic rings. The van der Waals surface area contributed by atoms with Crippen molar-refractivity contribution in [2.75, 3.05) is 0 Å². The number of hydrogen-bond acceptors (Lipinski definition) is 4. The molecule has 0 aliphatic heterocycles. The zero-order valence-electron chi connectivity index (χ0n) is 13.5. The lowest BCUT2D eigenvalue weighted by molar-refractivity contribution is -0.384. The molecule has 0 aliphatic carbocycles. The zero-order valence-corrected chi connectivity index (χ0v) is 13.5. The molecule has 0 saturated carbocycles. The molecule has 0 atom stereocenters. The topological polar surface area (TPSA) is 73.3 Å². The van der Waals surface area contributed by atoms with Crippen LogP contribution in [0, 0.1) is 17.0 Å². The number of nitro groups is 1. The van der Waals surface area contributed by atoms with Crippen molar-refractivity contribution in [3.05, 3.63) is 93.7 Å². The number of carbonyl (C=O) groups excluding carboxylic acids is 1. The van der Waals surface area contributed by atoms with E-state index in [0.29, 0.717) is 17.1 Å². The van der Waals surface area contributed by atoms with E-state index >= 15 is 0 Å². The summed E-state index contributed by atoms with van der Waals surface area (Å²) in [6, 6.07) is 17.0. The minimum absolute atomic E-state index is 0.0270. The molecule has 1 aromatic heterocycles. The fourth-order valence-corrected chi connectivity index (χ4v) is 2.40. The molecular weight excluding hydrogens is 318 g/mol. The molecular formula is C20H15NO4. The molecule has 0 fully saturated rings. The van der Waals surface area contributed by atoms with Crippen LogP contribution >= 0.6 is 0 Å². The Balaban J connectivity index is 1.75. The van der Waals surface area contributed by atoms with E-state index in [-0.39, 0.29) is 11.5 Å². The van der Waals surface area contributed by atoms with Crippen molar-refractivity contribution >= 4 is 17.5 Å². The fourth-order valence-electron chi connectivity index (χ4n) is 2.40. The van der Waals surface area contributed by atoms with Gasteiger partial charge in [0.2, 0.25) is 0 Å². The normalized spacial score (nSPS) is 10.9. The molecule has 3 rings (SSSR count). The van der Waals surface area contributed by atoms with Gasteiger partial charge in [-0.2, -0.15) is 0 Å². The van der Waals surface area contributed by atoms with Gasteiger partial charge in [0.05, 0.1) is 4.92 Å². The van der Waals surface area contributed by atoms with Gasteiger partial charge in [0.15, 0.2) is 5.78 Å². The summed E-state index contributed by atoms with van der Waals surface area (Å²) in [4.78, 5) is 22.4. The van der Waals surface area contributed by atoms with E-state index in [1.54, 1.807) is 36.4 Å². The van der Waals surface area contributed by atoms with Crippen LogP contribution in [0.1, 0.15) is 21.7 Å². The predicted octanol–water partition coefficient (Wildman–Crippen LogP) is 5.06. The molecule has 0 radical (unpaired) electrons. The summed E-state index contributed by atoms with van der Waals surface area (Å²) in [5, 5.41) is 10.7. The van der Waals surface area contributed by atoms with Crippen molar-refractivity contribution in [2.45, 2.75) is 6.92 Å². The first-order chi connectivity index (χ1) is 12.0. The summed E-state index contributed by atoms with van der Waals surface area (Å²) < 4.78 is 5.67. The number of ketones is 1. The Bertz CT molecular complexity index is 952. The molecule has 5 nitrogen and oxygen atoms in total. The summed E-state index contributed by atoms with van der Waals surface area (Å²) in [7, 11) is 0. The number of nitro benzene ring substituents is 1. The maximum Gasteiger partial charge on any atom is 0.269 e. The third kappa shape index (κ3) is 3.90. The molecule has 0 unspecified atom stereocenters. The quantitative estimate of drug-likeness (QED) is 0.283. The Labute approximate surface area is 144 Å². The predicted molar refractivity (Wildman–Crippen MR) is 95.3 cm³/mol. The number of aryl methyl sites for hydroxylation is 1. The van der Waals surface area contributed by atoms with Gasteiger partial charge < -0.3 is 4.42 Å². The Morgan fingerprint density at radius 2 is 1.84 bits per heavy atom. The number of nitrogens with zero attached hydrogens (tertiary/aromatic N) is 1. The number of rotatable bonds is 5. The summed E-state index contributed by atoms with van der Waals surface area (Å²) in [6.45, 7) is 1.93. The van der Waals surface area contributed by atoms with Crippen LogP contribution in [0.2, 0.25) is 0 Å². The van der Waals surface area contributed by atoms with Crippen molar-refractivity contribution in [3.8, 4) is 11.3 Å². The van der Waals surface area contributed by atoms with Gasteiger partial charge in [-0.25, -0.2) is 0 Å². The van der Waals surface area contributed by atoms with Crippen molar-refractivity contribution in [2.24, 2.45) is 0 Å². The van der Waals surface area contributed by atoms with Gasteiger partial charge in [0, 0.05) is 23.3 Å². The lowest BCUT2D eigenvalue weighted by atomic mass is 10.1. The second-order valence-corrected chi connectivity index (χ2v) is 5.57. The maximum atomic E-state index is 12.2. The highest BCUT2D eigenvalue weighted by molar-refractivity contribution is 6.06. The second kappa shape index (κ2) is 6.97. The number of furan rings is 1. The molecule has 124 valence electrons. The highest BCUT2D eigenvalue weighted by Gasteiger charge is 2.08. The SMILES string of the molecule is Cc1cccc(C(=O)/C=C/c2ccc(-c3ccc([N+](=O)[O-])cc3)o2)c1. The Morgan fingerprint density at radius 3 is 2.52 bits per heavy atom. The highest BCUT2D eigenvalue weighted by atomic mass is 16.6. The Morgan fingerprint density at radius 1 is 1.08 bits per heavy atom. The summed E-state index contributed by atoms with van der Waals surface area (Å²) >= 11 is 0. The fraction of sp³-hybridized carbons (Fsp3) is 0.0500.